The van der Waals surface area contributed by atoms with E-state index in [-0.39, 0.29) is 23.8 Å². The van der Waals surface area contributed by atoms with Gasteiger partial charge in [-0.2, -0.15) is 0 Å². The summed E-state index contributed by atoms with van der Waals surface area (Å²) in [4.78, 5) is 22.8. The van der Waals surface area contributed by atoms with Crippen LogP contribution in [-0.4, -0.2) is 11.9 Å². The maximum atomic E-state index is 11.5. The summed E-state index contributed by atoms with van der Waals surface area (Å²) >= 11 is 0. The number of fused-ring (bicyclic) bond motifs is 1. The monoisotopic (exact) mass is 234 g/mol. The highest BCUT2D eigenvalue weighted by Gasteiger charge is 2.45. The van der Waals surface area contributed by atoms with Crippen molar-refractivity contribution in [1.29, 1.82) is 0 Å². The van der Waals surface area contributed by atoms with Crippen molar-refractivity contribution < 1.29 is 14.3 Å². The molecule has 0 saturated carbocycles. The molecule has 0 unspecified atom stereocenters. The summed E-state index contributed by atoms with van der Waals surface area (Å²) in [7, 11) is 0. The van der Waals surface area contributed by atoms with Crippen molar-refractivity contribution in [3.05, 3.63) is 23.3 Å². The Morgan fingerprint density at radius 2 is 2.06 bits per heavy atom. The van der Waals surface area contributed by atoms with E-state index in [1.165, 1.54) is 11.1 Å². The minimum absolute atomic E-state index is 0.213. The minimum atomic E-state index is -0.334. The Hall–Kier alpha value is -1.38. The van der Waals surface area contributed by atoms with Gasteiger partial charge in [0.2, 0.25) is 0 Å². The van der Waals surface area contributed by atoms with Crippen LogP contribution in [-0.2, 0) is 14.3 Å². The first kappa shape index (κ1) is 12.1. The zero-order valence-corrected chi connectivity index (χ0v) is 10.4. The highest BCUT2D eigenvalue weighted by Crippen LogP contribution is 2.37. The molecule has 2 atom stereocenters. The topological polar surface area (TPSA) is 43.4 Å². The lowest BCUT2D eigenvalue weighted by atomic mass is 9.80. The third-order valence-electron chi connectivity index (χ3n) is 3.45. The van der Waals surface area contributed by atoms with Crippen molar-refractivity contribution >= 4 is 11.9 Å². The van der Waals surface area contributed by atoms with Gasteiger partial charge in [0.05, 0.1) is 11.8 Å². The second-order valence-electron chi connectivity index (χ2n) is 5.08. The Morgan fingerprint density at radius 1 is 1.35 bits per heavy atom. The molecule has 0 amide bonds. The van der Waals surface area contributed by atoms with Crippen LogP contribution in [0.2, 0.25) is 0 Å². The summed E-state index contributed by atoms with van der Waals surface area (Å²) in [6.07, 6.45) is 7.67. The van der Waals surface area contributed by atoms with Gasteiger partial charge in [-0.05, 0) is 39.5 Å². The normalized spacial score (nSPS) is 27.3. The number of cyclic esters (lactones) is 2. The fraction of sp³-hybridized carbons (Fsp3) is 0.571. The fourth-order valence-electron chi connectivity index (χ4n) is 2.47. The van der Waals surface area contributed by atoms with Crippen LogP contribution in [0.3, 0.4) is 0 Å². The summed E-state index contributed by atoms with van der Waals surface area (Å²) in [6.45, 7) is 4.16. The van der Waals surface area contributed by atoms with Crippen molar-refractivity contribution in [1.82, 2.24) is 0 Å². The summed E-state index contributed by atoms with van der Waals surface area (Å²) in [5.74, 6) is -1.09. The third-order valence-corrected chi connectivity index (χ3v) is 3.45. The molecule has 3 heteroatoms. The van der Waals surface area contributed by atoms with E-state index in [1.807, 2.05) is 0 Å². The molecule has 1 fully saturated rings. The lowest BCUT2D eigenvalue weighted by Gasteiger charge is -2.20. The van der Waals surface area contributed by atoms with Crippen LogP contribution in [0.25, 0.3) is 0 Å². The van der Waals surface area contributed by atoms with E-state index in [4.69, 9.17) is 0 Å². The van der Waals surface area contributed by atoms with Crippen LogP contribution < -0.4 is 0 Å². The van der Waals surface area contributed by atoms with Crippen LogP contribution in [0.1, 0.15) is 39.5 Å². The van der Waals surface area contributed by atoms with Crippen LogP contribution in [0.5, 0.6) is 0 Å². The average Bonchev–Trinajstić information content (AvgIpc) is 2.54. The Labute approximate surface area is 102 Å². The SMILES string of the molecule is CC(C)=CCCC1=CC[C@H]2C(=O)OC(=O)[C@H]2C1. The maximum Gasteiger partial charge on any atom is 0.317 e. The summed E-state index contributed by atoms with van der Waals surface area (Å²) in [6, 6.07) is 0. The molecule has 3 nitrogen and oxygen atoms in total. The number of allylic oxidation sites excluding steroid dienone is 4. The average molecular weight is 234 g/mol. The first-order chi connectivity index (χ1) is 8.08. The number of hydrogen-bond donors (Lipinski definition) is 0. The zero-order valence-electron chi connectivity index (χ0n) is 10.4. The van der Waals surface area contributed by atoms with Gasteiger partial charge in [0, 0.05) is 0 Å². The van der Waals surface area contributed by atoms with Gasteiger partial charge in [-0.3, -0.25) is 9.59 Å². The van der Waals surface area contributed by atoms with E-state index >= 15 is 0 Å². The second-order valence-corrected chi connectivity index (χ2v) is 5.08. The fourth-order valence-corrected chi connectivity index (χ4v) is 2.47. The number of carbonyl (C=O) groups is 2. The largest absolute Gasteiger partial charge is 0.393 e. The third kappa shape index (κ3) is 2.65. The van der Waals surface area contributed by atoms with E-state index in [9.17, 15) is 9.59 Å². The minimum Gasteiger partial charge on any atom is -0.393 e. The molecule has 0 aromatic heterocycles. The molecule has 2 rings (SSSR count). The van der Waals surface area contributed by atoms with Crippen molar-refractivity contribution in [3.8, 4) is 0 Å². The number of rotatable bonds is 3. The Balaban J connectivity index is 1.95. The van der Waals surface area contributed by atoms with Crippen molar-refractivity contribution in [3.63, 3.8) is 0 Å². The van der Waals surface area contributed by atoms with E-state index < -0.39 is 0 Å². The number of esters is 2. The van der Waals surface area contributed by atoms with Crippen LogP contribution >= 0.6 is 0 Å². The number of carbonyl (C=O) groups excluding carboxylic acids is 2. The molecular weight excluding hydrogens is 216 g/mol. The number of hydrogen-bond acceptors (Lipinski definition) is 3. The Morgan fingerprint density at radius 3 is 2.76 bits per heavy atom. The predicted molar refractivity (Wildman–Crippen MR) is 64.1 cm³/mol. The van der Waals surface area contributed by atoms with Gasteiger partial charge in [0.25, 0.3) is 0 Å². The lowest BCUT2D eigenvalue weighted by Crippen LogP contribution is -2.21. The zero-order chi connectivity index (χ0) is 12.4. The van der Waals surface area contributed by atoms with Crippen molar-refractivity contribution in [2.24, 2.45) is 11.8 Å². The van der Waals surface area contributed by atoms with Gasteiger partial charge in [0.1, 0.15) is 0 Å². The van der Waals surface area contributed by atoms with Gasteiger partial charge in [0.15, 0.2) is 0 Å². The van der Waals surface area contributed by atoms with Crippen LogP contribution in [0, 0.1) is 11.8 Å². The van der Waals surface area contributed by atoms with Gasteiger partial charge in [-0.15, -0.1) is 0 Å². The second kappa shape index (κ2) is 4.86. The van der Waals surface area contributed by atoms with Gasteiger partial charge in [-0.1, -0.05) is 23.3 Å². The predicted octanol–water partition coefficient (Wildman–Crippen LogP) is 2.77. The molecule has 0 aromatic carbocycles. The Bertz CT molecular complexity index is 400. The molecule has 1 heterocycles. The summed E-state index contributed by atoms with van der Waals surface area (Å²) in [5.41, 5.74) is 2.60. The molecule has 0 N–H and O–H groups in total. The molecule has 0 radical (unpaired) electrons. The van der Waals surface area contributed by atoms with E-state index in [0.29, 0.717) is 12.8 Å². The molecular formula is C14H18O3. The molecule has 1 aliphatic carbocycles. The molecule has 0 bridgehead atoms. The Kier molecular flexibility index (Phi) is 3.46. The first-order valence-corrected chi connectivity index (χ1v) is 6.14. The molecule has 0 spiro atoms. The van der Waals surface area contributed by atoms with Gasteiger partial charge < -0.3 is 4.74 Å². The highest BCUT2D eigenvalue weighted by molar-refractivity contribution is 5.96. The smallest absolute Gasteiger partial charge is 0.317 e. The molecule has 0 aromatic rings. The van der Waals surface area contributed by atoms with Gasteiger partial charge in [-0.25, -0.2) is 0 Å². The molecule has 1 aliphatic heterocycles. The summed E-state index contributed by atoms with van der Waals surface area (Å²) in [5, 5.41) is 0. The molecule has 2 aliphatic rings. The highest BCUT2D eigenvalue weighted by atomic mass is 16.6. The standard InChI is InChI=1S/C14H18O3/c1-9(2)4-3-5-10-6-7-11-12(8-10)14(16)17-13(11)15/h4,6,11-12H,3,5,7-8H2,1-2H3/t11-,12+/m1/s1. The maximum absolute atomic E-state index is 11.5. The molecule has 1 saturated heterocycles. The summed E-state index contributed by atoms with van der Waals surface area (Å²) < 4.78 is 4.68. The quantitative estimate of drug-likeness (QED) is 0.428. The number of ether oxygens (including phenoxy) is 1. The van der Waals surface area contributed by atoms with Crippen LogP contribution in [0.15, 0.2) is 23.3 Å². The van der Waals surface area contributed by atoms with Crippen LogP contribution in [0.4, 0.5) is 0 Å². The molecule has 17 heavy (non-hydrogen) atoms. The van der Waals surface area contributed by atoms with E-state index in [0.717, 1.165) is 12.8 Å². The van der Waals surface area contributed by atoms with Crippen molar-refractivity contribution in [2.75, 3.05) is 0 Å². The van der Waals surface area contributed by atoms with Crippen molar-refractivity contribution in [2.45, 2.75) is 39.5 Å². The van der Waals surface area contributed by atoms with E-state index in [2.05, 4.69) is 30.7 Å². The first-order valence-electron chi connectivity index (χ1n) is 6.14. The molecule has 92 valence electrons. The lowest BCUT2D eigenvalue weighted by molar-refractivity contribution is -0.153. The van der Waals surface area contributed by atoms with Gasteiger partial charge >= 0.3 is 11.9 Å². The van der Waals surface area contributed by atoms with E-state index in [1.54, 1.807) is 0 Å².